The van der Waals surface area contributed by atoms with Crippen LogP contribution in [0.2, 0.25) is 0 Å². The average Bonchev–Trinajstić information content (AvgIpc) is 2.30. The van der Waals surface area contributed by atoms with Crippen LogP contribution in [0, 0.1) is 0 Å². The first-order valence-corrected chi connectivity index (χ1v) is 4.52. The van der Waals surface area contributed by atoms with Crippen LogP contribution >= 0.6 is 0 Å². The first kappa shape index (κ1) is 8.91. The summed E-state index contributed by atoms with van der Waals surface area (Å²) in [4.78, 5) is 4.31. The van der Waals surface area contributed by atoms with Crippen molar-refractivity contribution in [2.24, 2.45) is 0 Å². The Morgan fingerprint density at radius 2 is 1.71 bits per heavy atom. The van der Waals surface area contributed by atoms with Crippen LogP contribution in [0.3, 0.4) is 0 Å². The normalized spacial score (nSPS) is 10.1. The van der Waals surface area contributed by atoms with Crippen LogP contribution in [0.25, 0.3) is 11.3 Å². The first-order chi connectivity index (χ1) is 6.90. The molecule has 0 bridgehead atoms. The predicted octanol–water partition coefficient (Wildman–Crippen LogP) is 2.24. The summed E-state index contributed by atoms with van der Waals surface area (Å²) in [5.74, 6) is 0. The highest BCUT2D eigenvalue weighted by molar-refractivity contribution is 5.58. The minimum absolute atomic E-state index is 0.0132. The lowest BCUT2D eigenvalue weighted by Gasteiger charge is -2.01. The van der Waals surface area contributed by atoms with Gasteiger partial charge in [0.25, 0.3) is 0 Å². The topological polar surface area (TPSA) is 33.1 Å². The molecule has 70 valence electrons. The highest BCUT2D eigenvalue weighted by Crippen LogP contribution is 2.16. The van der Waals surface area contributed by atoms with Gasteiger partial charge in [0.15, 0.2) is 0 Å². The summed E-state index contributed by atoms with van der Waals surface area (Å²) in [6.45, 7) is -0.0132. The Morgan fingerprint density at radius 1 is 0.929 bits per heavy atom. The number of aliphatic hydroxyl groups is 1. The molecule has 2 heteroatoms. The van der Waals surface area contributed by atoms with Crippen LogP contribution in [-0.4, -0.2) is 10.1 Å². The molecule has 2 rings (SSSR count). The molecule has 0 amide bonds. The molecular weight excluding hydrogens is 174 g/mol. The van der Waals surface area contributed by atoms with Gasteiger partial charge in [0.05, 0.1) is 18.0 Å². The lowest BCUT2D eigenvalue weighted by Crippen LogP contribution is -1.90. The minimum Gasteiger partial charge on any atom is -0.390 e. The third-order valence-corrected chi connectivity index (χ3v) is 2.04. The van der Waals surface area contributed by atoms with Gasteiger partial charge in [-0.15, -0.1) is 0 Å². The molecule has 1 heterocycles. The largest absolute Gasteiger partial charge is 0.390 e. The lowest BCUT2D eigenvalue weighted by atomic mass is 10.1. The maximum absolute atomic E-state index is 8.95. The van der Waals surface area contributed by atoms with E-state index < -0.39 is 0 Å². The highest BCUT2D eigenvalue weighted by atomic mass is 16.3. The molecular formula is C12H11NO. The zero-order valence-electron chi connectivity index (χ0n) is 7.72. The summed E-state index contributed by atoms with van der Waals surface area (Å²) in [7, 11) is 0. The fourth-order valence-electron chi connectivity index (χ4n) is 1.34. The first-order valence-electron chi connectivity index (χ1n) is 4.52. The van der Waals surface area contributed by atoms with Crippen molar-refractivity contribution in [2.45, 2.75) is 6.61 Å². The number of hydrogen-bond acceptors (Lipinski definition) is 2. The molecule has 0 atom stereocenters. The summed E-state index contributed by atoms with van der Waals surface area (Å²) < 4.78 is 0. The van der Waals surface area contributed by atoms with Crippen LogP contribution in [0.5, 0.6) is 0 Å². The van der Waals surface area contributed by atoms with E-state index in [9.17, 15) is 0 Å². The molecule has 0 aliphatic carbocycles. The Bertz CT molecular complexity index is 412. The van der Waals surface area contributed by atoms with Gasteiger partial charge in [-0.1, -0.05) is 36.4 Å². The standard InChI is InChI=1S/C12H11NO/c14-9-11-7-4-8-12(13-11)10-5-2-1-3-6-10/h1-8,14H,9H2. The van der Waals surface area contributed by atoms with E-state index in [2.05, 4.69) is 4.98 Å². The van der Waals surface area contributed by atoms with Crippen molar-refractivity contribution in [1.29, 1.82) is 0 Å². The minimum atomic E-state index is -0.0132. The van der Waals surface area contributed by atoms with Crippen molar-refractivity contribution in [3.05, 3.63) is 54.2 Å². The number of aromatic nitrogens is 1. The zero-order valence-corrected chi connectivity index (χ0v) is 7.72. The smallest absolute Gasteiger partial charge is 0.0853 e. The Hall–Kier alpha value is -1.67. The number of pyridine rings is 1. The van der Waals surface area contributed by atoms with Crippen LogP contribution in [-0.2, 0) is 6.61 Å². The summed E-state index contributed by atoms with van der Waals surface area (Å²) >= 11 is 0. The molecule has 0 saturated heterocycles. The molecule has 1 aromatic carbocycles. The number of benzene rings is 1. The van der Waals surface area contributed by atoms with Gasteiger partial charge in [0.1, 0.15) is 0 Å². The van der Waals surface area contributed by atoms with Crippen molar-refractivity contribution in [3.8, 4) is 11.3 Å². The molecule has 2 aromatic rings. The Kier molecular flexibility index (Phi) is 2.56. The number of nitrogens with zero attached hydrogens (tertiary/aromatic N) is 1. The van der Waals surface area contributed by atoms with E-state index in [0.29, 0.717) is 5.69 Å². The third-order valence-electron chi connectivity index (χ3n) is 2.04. The van der Waals surface area contributed by atoms with Crippen LogP contribution in [0.15, 0.2) is 48.5 Å². The maximum atomic E-state index is 8.95. The molecule has 0 radical (unpaired) electrons. The van der Waals surface area contributed by atoms with E-state index in [0.717, 1.165) is 11.3 Å². The second-order valence-corrected chi connectivity index (χ2v) is 3.04. The van der Waals surface area contributed by atoms with Crippen LogP contribution < -0.4 is 0 Å². The summed E-state index contributed by atoms with van der Waals surface area (Å²) in [6.07, 6.45) is 0. The van der Waals surface area contributed by atoms with Gasteiger partial charge < -0.3 is 5.11 Å². The van der Waals surface area contributed by atoms with Crippen molar-refractivity contribution >= 4 is 0 Å². The number of hydrogen-bond donors (Lipinski definition) is 1. The third kappa shape index (κ3) is 1.80. The molecule has 1 N–H and O–H groups in total. The predicted molar refractivity (Wildman–Crippen MR) is 55.6 cm³/mol. The summed E-state index contributed by atoms with van der Waals surface area (Å²) in [5.41, 5.74) is 2.67. The van der Waals surface area contributed by atoms with Crippen molar-refractivity contribution in [2.75, 3.05) is 0 Å². The quantitative estimate of drug-likeness (QED) is 0.778. The molecule has 2 nitrogen and oxygen atoms in total. The van der Waals surface area contributed by atoms with Crippen LogP contribution in [0.4, 0.5) is 0 Å². The number of aliphatic hydroxyl groups excluding tert-OH is 1. The fraction of sp³-hybridized carbons (Fsp3) is 0.0833. The molecule has 0 spiro atoms. The fourth-order valence-corrected chi connectivity index (χ4v) is 1.34. The van der Waals surface area contributed by atoms with E-state index in [1.165, 1.54) is 0 Å². The molecule has 0 unspecified atom stereocenters. The van der Waals surface area contributed by atoms with Gasteiger partial charge in [0.2, 0.25) is 0 Å². The van der Waals surface area contributed by atoms with Gasteiger partial charge in [-0.05, 0) is 12.1 Å². The highest BCUT2D eigenvalue weighted by Gasteiger charge is 1.98. The lowest BCUT2D eigenvalue weighted by molar-refractivity contribution is 0.277. The molecule has 0 fully saturated rings. The van der Waals surface area contributed by atoms with Crippen molar-refractivity contribution < 1.29 is 5.11 Å². The molecule has 1 aromatic heterocycles. The Labute approximate surface area is 82.9 Å². The maximum Gasteiger partial charge on any atom is 0.0853 e. The van der Waals surface area contributed by atoms with Gasteiger partial charge in [-0.25, -0.2) is 0 Å². The average molecular weight is 185 g/mol. The zero-order chi connectivity index (χ0) is 9.80. The van der Waals surface area contributed by atoms with Crippen molar-refractivity contribution in [3.63, 3.8) is 0 Å². The molecule has 0 aliphatic heterocycles. The van der Waals surface area contributed by atoms with E-state index in [1.54, 1.807) is 0 Å². The van der Waals surface area contributed by atoms with E-state index in [-0.39, 0.29) is 6.61 Å². The summed E-state index contributed by atoms with van der Waals surface area (Å²) in [6, 6.07) is 15.6. The van der Waals surface area contributed by atoms with Gasteiger partial charge in [0, 0.05) is 5.56 Å². The van der Waals surface area contributed by atoms with Gasteiger partial charge in [-0.3, -0.25) is 4.98 Å². The SMILES string of the molecule is OCc1cccc(-c2ccccc2)n1. The number of rotatable bonds is 2. The van der Waals surface area contributed by atoms with E-state index in [1.807, 2.05) is 48.5 Å². The second-order valence-electron chi connectivity index (χ2n) is 3.04. The van der Waals surface area contributed by atoms with E-state index >= 15 is 0 Å². The molecule has 14 heavy (non-hydrogen) atoms. The van der Waals surface area contributed by atoms with Crippen molar-refractivity contribution in [1.82, 2.24) is 4.98 Å². The Balaban J connectivity index is 2.42. The van der Waals surface area contributed by atoms with E-state index in [4.69, 9.17) is 5.11 Å². The summed E-state index contributed by atoms with van der Waals surface area (Å²) in [5, 5.41) is 8.95. The molecule has 0 aliphatic rings. The Morgan fingerprint density at radius 3 is 2.43 bits per heavy atom. The monoisotopic (exact) mass is 185 g/mol. The van der Waals surface area contributed by atoms with Crippen LogP contribution in [0.1, 0.15) is 5.69 Å². The van der Waals surface area contributed by atoms with Gasteiger partial charge >= 0.3 is 0 Å². The molecule has 0 saturated carbocycles. The van der Waals surface area contributed by atoms with Gasteiger partial charge in [-0.2, -0.15) is 0 Å². The second kappa shape index (κ2) is 4.03.